The van der Waals surface area contributed by atoms with Crippen LogP contribution in [0, 0.1) is 0 Å². The van der Waals surface area contributed by atoms with Crippen LogP contribution in [0.1, 0.15) is 24.8 Å². The molecule has 2 N–H and O–H groups in total. The summed E-state index contributed by atoms with van der Waals surface area (Å²) in [6.07, 6.45) is -0.451. The molecule has 0 amide bonds. The summed E-state index contributed by atoms with van der Waals surface area (Å²) in [5, 5.41) is 19.7. The molecule has 0 saturated heterocycles. The maximum Gasteiger partial charge on any atom is 0.311 e. The van der Waals surface area contributed by atoms with Crippen molar-refractivity contribution >= 4 is 22.7 Å². The third-order valence-corrected chi connectivity index (χ3v) is 3.27. The second-order valence-corrected chi connectivity index (χ2v) is 4.62. The highest BCUT2D eigenvalue weighted by molar-refractivity contribution is 5.95. The Bertz CT molecular complexity index is 677. The van der Waals surface area contributed by atoms with Crippen LogP contribution in [0.2, 0.25) is 0 Å². The number of rotatable bonds is 6. The van der Waals surface area contributed by atoms with Gasteiger partial charge in [-0.25, -0.2) is 0 Å². The maximum atomic E-state index is 11.4. The van der Waals surface area contributed by atoms with Crippen LogP contribution < -0.4 is 4.74 Å². The molecule has 110 valence electrons. The van der Waals surface area contributed by atoms with E-state index >= 15 is 0 Å². The maximum absolute atomic E-state index is 11.4. The Morgan fingerprint density at radius 2 is 1.76 bits per heavy atom. The van der Waals surface area contributed by atoms with Gasteiger partial charge in [0.15, 0.2) is 0 Å². The van der Waals surface area contributed by atoms with Gasteiger partial charge in [-0.1, -0.05) is 30.3 Å². The molecule has 2 aromatic rings. The molecule has 0 saturated carbocycles. The number of carboxylic acids is 2. The largest absolute Gasteiger partial charge is 0.493 e. The standard InChI is InChI=1S/C16H16O5/c1-2-21-14-8-7-11(10-5-3-4-6-12(10)14)13(16(19)20)9-15(17)18/h3-8,13H,2,9H2,1H3,(H,17,18)(H,19,20). The molecule has 5 nitrogen and oxygen atoms in total. The molecule has 0 radical (unpaired) electrons. The fraction of sp³-hybridized carbons (Fsp3) is 0.250. The van der Waals surface area contributed by atoms with Crippen molar-refractivity contribution in [2.24, 2.45) is 0 Å². The van der Waals surface area contributed by atoms with Crippen molar-refractivity contribution in [3.05, 3.63) is 42.0 Å². The van der Waals surface area contributed by atoms with Crippen LogP contribution >= 0.6 is 0 Å². The van der Waals surface area contributed by atoms with Crippen LogP contribution in [0.4, 0.5) is 0 Å². The van der Waals surface area contributed by atoms with Crippen molar-refractivity contribution < 1.29 is 24.5 Å². The van der Waals surface area contributed by atoms with E-state index in [1.54, 1.807) is 24.3 Å². The SMILES string of the molecule is CCOc1ccc(C(CC(=O)O)C(=O)O)c2ccccc12. The van der Waals surface area contributed by atoms with Gasteiger partial charge in [-0.05, 0) is 23.9 Å². The molecular formula is C16H16O5. The van der Waals surface area contributed by atoms with Gasteiger partial charge in [-0.3, -0.25) is 9.59 Å². The lowest BCUT2D eigenvalue weighted by Crippen LogP contribution is -2.16. The minimum atomic E-state index is -1.15. The molecule has 0 bridgehead atoms. The molecule has 0 fully saturated rings. The number of ether oxygens (including phenoxy) is 1. The van der Waals surface area contributed by atoms with Gasteiger partial charge in [0.1, 0.15) is 5.75 Å². The second kappa shape index (κ2) is 6.26. The first-order chi connectivity index (χ1) is 10.0. The van der Waals surface area contributed by atoms with Crippen molar-refractivity contribution in [2.75, 3.05) is 6.61 Å². The number of hydrogen-bond donors (Lipinski definition) is 2. The Kier molecular flexibility index (Phi) is 4.42. The highest BCUT2D eigenvalue weighted by Crippen LogP contribution is 2.34. The molecule has 2 aromatic carbocycles. The van der Waals surface area contributed by atoms with Crippen LogP contribution in [-0.4, -0.2) is 28.8 Å². The first-order valence-electron chi connectivity index (χ1n) is 6.63. The molecule has 0 heterocycles. The molecule has 2 rings (SSSR count). The van der Waals surface area contributed by atoms with Gasteiger partial charge in [-0.2, -0.15) is 0 Å². The van der Waals surface area contributed by atoms with E-state index in [-0.39, 0.29) is 0 Å². The lowest BCUT2D eigenvalue weighted by atomic mass is 9.91. The zero-order valence-corrected chi connectivity index (χ0v) is 11.6. The third-order valence-electron chi connectivity index (χ3n) is 3.27. The summed E-state index contributed by atoms with van der Waals surface area (Å²) in [7, 11) is 0. The van der Waals surface area contributed by atoms with Crippen LogP contribution in [-0.2, 0) is 9.59 Å². The van der Waals surface area contributed by atoms with Crippen molar-refractivity contribution in [3.8, 4) is 5.75 Å². The number of carbonyl (C=O) groups is 2. The van der Waals surface area contributed by atoms with E-state index < -0.39 is 24.3 Å². The molecule has 5 heteroatoms. The van der Waals surface area contributed by atoms with Crippen LogP contribution in [0.5, 0.6) is 5.75 Å². The molecule has 21 heavy (non-hydrogen) atoms. The van der Waals surface area contributed by atoms with Gasteiger partial charge >= 0.3 is 11.9 Å². The highest BCUT2D eigenvalue weighted by atomic mass is 16.5. The van der Waals surface area contributed by atoms with E-state index in [1.807, 2.05) is 19.1 Å². The fourth-order valence-electron chi connectivity index (χ4n) is 2.38. The summed E-state index contributed by atoms with van der Waals surface area (Å²) < 4.78 is 5.53. The zero-order chi connectivity index (χ0) is 15.4. The Morgan fingerprint density at radius 3 is 2.33 bits per heavy atom. The van der Waals surface area contributed by atoms with E-state index in [9.17, 15) is 14.7 Å². The molecule has 0 aliphatic heterocycles. The van der Waals surface area contributed by atoms with Crippen molar-refractivity contribution in [1.82, 2.24) is 0 Å². The second-order valence-electron chi connectivity index (χ2n) is 4.62. The summed E-state index contributed by atoms with van der Waals surface area (Å²) in [5.74, 6) is -2.70. The average Bonchev–Trinajstić information content (AvgIpc) is 2.45. The minimum Gasteiger partial charge on any atom is -0.493 e. The summed E-state index contributed by atoms with van der Waals surface area (Å²) in [6.45, 7) is 2.37. The fourth-order valence-corrected chi connectivity index (χ4v) is 2.38. The van der Waals surface area contributed by atoms with Crippen LogP contribution in [0.25, 0.3) is 10.8 Å². The number of fused-ring (bicyclic) bond motifs is 1. The van der Waals surface area contributed by atoms with Crippen molar-refractivity contribution in [2.45, 2.75) is 19.3 Å². The molecule has 0 aliphatic rings. The number of aliphatic carboxylic acids is 2. The zero-order valence-electron chi connectivity index (χ0n) is 11.6. The van der Waals surface area contributed by atoms with E-state index in [4.69, 9.17) is 9.84 Å². The summed E-state index contributed by atoms with van der Waals surface area (Å²) in [5.41, 5.74) is 0.490. The molecule has 0 spiro atoms. The topological polar surface area (TPSA) is 83.8 Å². The summed E-state index contributed by atoms with van der Waals surface area (Å²) in [4.78, 5) is 22.3. The summed E-state index contributed by atoms with van der Waals surface area (Å²) >= 11 is 0. The van der Waals surface area contributed by atoms with Gasteiger partial charge in [0, 0.05) is 5.39 Å². The quantitative estimate of drug-likeness (QED) is 0.853. The normalized spacial score (nSPS) is 12.0. The molecule has 1 atom stereocenters. The predicted molar refractivity (Wildman–Crippen MR) is 77.7 cm³/mol. The minimum absolute atomic E-state index is 0.451. The molecule has 0 aliphatic carbocycles. The Hall–Kier alpha value is -2.56. The van der Waals surface area contributed by atoms with Crippen LogP contribution in [0.15, 0.2) is 36.4 Å². The Morgan fingerprint density at radius 1 is 1.10 bits per heavy atom. The highest BCUT2D eigenvalue weighted by Gasteiger charge is 2.25. The monoisotopic (exact) mass is 288 g/mol. The van der Waals surface area contributed by atoms with E-state index in [2.05, 4.69) is 0 Å². The van der Waals surface area contributed by atoms with E-state index in [0.29, 0.717) is 23.3 Å². The van der Waals surface area contributed by atoms with Gasteiger partial charge in [0.05, 0.1) is 18.9 Å². The third kappa shape index (κ3) is 3.13. The number of benzene rings is 2. The van der Waals surface area contributed by atoms with Gasteiger partial charge in [0.25, 0.3) is 0 Å². The molecule has 0 aromatic heterocycles. The first kappa shape index (κ1) is 14.8. The Balaban J connectivity index is 2.61. The van der Waals surface area contributed by atoms with Gasteiger partial charge < -0.3 is 14.9 Å². The number of hydrogen-bond acceptors (Lipinski definition) is 3. The lowest BCUT2D eigenvalue weighted by molar-refractivity contribution is -0.145. The van der Waals surface area contributed by atoms with Gasteiger partial charge in [-0.15, -0.1) is 0 Å². The number of carboxylic acid groups (broad SMARTS) is 2. The van der Waals surface area contributed by atoms with E-state index in [1.165, 1.54) is 0 Å². The van der Waals surface area contributed by atoms with Gasteiger partial charge in [0.2, 0.25) is 0 Å². The Labute approximate surface area is 121 Å². The molecule has 1 unspecified atom stereocenters. The molecular weight excluding hydrogens is 272 g/mol. The predicted octanol–water partition coefficient (Wildman–Crippen LogP) is 2.88. The lowest BCUT2D eigenvalue weighted by Gasteiger charge is -2.16. The van der Waals surface area contributed by atoms with E-state index in [0.717, 1.165) is 5.39 Å². The smallest absolute Gasteiger partial charge is 0.311 e. The van der Waals surface area contributed by atoms with Crippen molar-refractivity contribution in [3.63, 3.8) is 0 Å². The van der Waals surface area contributed by atoms with Crippen LogP contribution in [0.3, 0.4) is 0 Å². The average molecular weight is 288 g/mol. The first-order valence-corrected chi connectivity index (χ1v) is 6.63. The van der Waals surface area contributed by atoms with Crippen molar-refractivity contribution in [1.29, 1.82) is 0 Å². The summed E-state index contributed by atoms with van der Waals surface area (Å²) in [6, 6.07) is 10.6.